The summed E-state index contributed by atoms with van der Waals surface area (Å²) in [4.78, 5) is 0. The number of hydrogen-bond donors (Lipinski definition) is 0. The first-order valence-electron chi connectivity index (χ1n) is 10.0. The van der Waals surface area contributed by atoms with Crippen molar-refractivity contribution in [1.82, 2.24) is 0 Å². The van der Waals surface area contributed by atoms with Gasteiger partial charge in [-0.25, -0.2) is 0 Å². The summed E-state index contributed by atoms with van der Waals surface area (Å²) in [5.74, 6) is 0. The molecule has 0 atom stereocenters. The second-order valence-corrected chi connectivity index (χ2v) is 6.52. The van der Waals surface area contributed by atoms with Crippen LogP contribution in [-0.2, 0) is 0 Å². The second kappa shape index (κ2) is 15.9. The Bertz CT molecular complexity index is 481. The Kier molecular flexibility index (Phi) is 16.4. The highest BCUT2D eigenvalue weighted by Crippen LogP contribution is 2.34. The molecule has 0 bridgehead atoms. The summed E-state index contributed by atoms with van der Waals surface area (Å²) in [7, 11) is 0. The molecule has 0 heterocycles. The molecule has 0 saturated carbocycles. The normalized spacial score (nSPS) is 11.7. The van der Waals surface area contributed by atoms with Gasteiger partial charge in [0.2, 0.25) is 0 Å². The van der Waals surface area contributed by atoms with Crippen molar-refractivity contribution in [2.45, 2.75) is 81.1 Å². The van der Waals surface area contributed by atoms with E-state index in [4.69, 9.17) is 0 Å². The first-order chi connectivity index (χ1) is 12.0. The summed E-state index contributed by atoms with van der Waals surface area (Å²) in [5.41, 5.74) is 4.47. The van der Waals surface area contributed by atoms with E-state index in [1.54, 1.807) is 0 Å². The molecular weight excluding hydrogens is 300 g/mol. The first kappa shape index (κ1) is 25.7. The third-order valence-electron chi connectivity index (χ3n) is 3.72. The van der Waals surface area contributed by atoms with Crippen molar-refractivity contribution in [3.63, 3.8) is 0 Å². The van der Waals surface area contributed by atoms with E-state index < -0.39 is 0 Å². The van der Waals surface area contributed by atoms with Crippen molar-refractivity contribution >= 4 is 5.57 Å². The van der Waals surface area contributed by atoms with E-state index in [9.17, 15) is 0 Å². The van der Waals surface area contributed by atoms with Gasteiger partial charge in [0.15, 0.2) is 0 Å². The lowest BCUT2D eigenvalue weighted by Gasteiger charge is -2.24. The van der Waals surface area contributed by atoms with Crippen LogP contribution in [0.5, 0.6) is 0 Å². The van der Waals surface area contributed by atoms with Crippen molar-refractivity contribution < 1.29 is 0 Å². The van der Waals surface area contributed by atoms with E-state index in [1.807, 2.05) is 33.8 Å². The Morgan fingerprint density at radius 3 is 1.92 bits per heavy atom. The first-order valence-corrected chi connectivity index (χ1v) is 10.0. The SMILES string of the molecule is C=CCC/C=C(/CC)C/C=C(\c1ccccc1)C(C)(C)C.CC.CC. The van der Waals surface area contributed by atoms with Gasteiger partial charge >= 0.3 is 0 Å². The van der Waals surface area contributed by atoms with Crippen molar-refractivity contribution in [3.8, 4) is 0 Å². The van der Waals surface area contributed by atoms with Crippen molar-refractivity contribution in [3.05, 3.63) is 66.3 Å². The molecule has 1 rings (SSSR count). The van der Waals surface area contributed by atoms with Crippen LogP contribution in [0.25, 0.3) is 5.57 Å². The van der Waals surface area contributed by atoms with Crippen LogP contribution in [0.4, 0.5) is 0 Å². The molecule has 25 heavy (non-hydrogen) atoms. The standard InChI is InChI=1S/C21H30.2C2H6/c1-6-8-10-13-18(7-2)16-17-20(21(3,4)5)19-14-11-9-12-15-19;2*1-2/h6,9,11-15,17H,1,7-8,10,16H2,2-5H3;2*1-2H3/b18-13-,20-17+;;. The molecule has 0 saturated heterocycles. The minimum Gasteiger partial charge on any atom is -0.103 e. The minimum absolute atomic E-state index is 0.168. The Labute approximate surface area is 158 Å². The number of benzene rings is 1. The molecule has 0 radical (unpaired) electrons. The van der Waals surface area contributed by atoms with E-state index in [0.29, 0.717) is 0 Å². The molecule has 0 aromatic heterocycles. The highest BCUT2D eigenvalue weighted by molar-refractivity contribution is 5.69. The zero-order valence-electron chi connectivity index (χ0n) is 18.2. The van der Waals surface area contributed by atoms with Gasteiger partial charge in [-0.15, -0.1) is 6.58 Å². The molecule has 0 aliphatic rings. The van der Waals surface area contributed by atoms with Gasteiger partial charge in [-0.1, -0.05) is 110 Å². The molecule has 0 aliphatic carbocycles. The molecule has 0 N–H and O–H groups in total. The van der Waals surface area contributed by atoms with Crippen molar-refractivity contribution in [2.75, 3.05) is 0 Å². The Morgan fingerprint density at radius 2 is 1.48 bits per heavy atom. The molecule has 0 spiro atoms. The molecule has 0 unspecified atom stereocenters. The van der Waals surface area contributed by atoms with Crippen LogP contribution in [0.2, 0.25) is 0 Å². The highest BCUT2D eigenvalue weighted by atomic mass is 14.2. The summed E-state index contributed by atoms with van der Waals surface area (Å²) in [6, 6.07) is 10.7. The molecule has 0 nitrogen and oxygen atoms in total. The van der Waals surface area contributed by atoms with Crippen LogP contribution >= 0.6 is 0 Å². The molecule has 1 aromatic rings. The van der Waals surface area contributed by atoms with Crippen molar-refractivity contribution in [2.24, 2.45) is 5.41 Å². The number of unbranched alkanes of at least 4 members (excludes halogenated alkanes) is 1. The number of allylic oxidation sites excluding steroid dienone is 5. The van der Waals surface area contributed by atoms with Crippen LogP contribution in [0.1, 0.15) is 86.6 Å². The number of rotatable bonds is 7. The Morgan fingerprint density at radius 1 is 0.920 bits per heavy atom. The average Bonchev–Trinajstić information content (AvgIpc) is 2.63. The van der Waals surface area contributed by atoms with E-state index in [-0.39, 0.29) is 5.41 Å². The summed E-state index contributed by atoms with van der Waals surface area (Å²) in [6.07, 6.45) is 11.1. The van der Waals surface area contributed by atoms with Crippen LogP contribution in [0, 0.1) is 5.41 Å². The average molecular weight is 343 g/mol. The smallest absolute Gasteiger partial charge is 0.0129 e. The maximum Gasteiger partial charge on any atom is -0.0129 e. The predicted octanol–water partition coefficient (Wildman–Crippen LogP) is 8.86. The largest absolute Gasteiger partial charge is 0.103 e. The minimum atomic E-state index is 0.168. The van der Waals surface area contributed by atoms with Gasteiger partial charge < -0.3 is 0 Å². The third kappa shape index (κ3) is 11.6. The maximum absolute atomic E-state index is 3.79. The molecule has 0 aliphatic heterocycles. The highest BCUT2D eigenvalue weighted by Gasteiger charge is 2.18. The molecular formula is C25H42. The van der Waals surface area contributed by atoms with Gasteiger partial charge in [0, 0.05) is 0 Å². The summed E-state index contributed by atoms with van der Waals surface area (Å²) in [6.45, 7) is 20.9. The lowest BCUT2D eigenvalue weighted by Crippen LogP contribution is -2.08. The van der Waals surface area contributed by atoms with Crippen LogP contribution in [-0.4, -0.2) is 0 Å². The van der Waals surface area contributed by atoms with Gasteiger partial charge in [-0.2, -0.15) is 0 Å². The monoisotopic (exact) mass is 342 g/mol. The van der Waals surface area contributed by atoms with Crippen LogP contribution in [0.15, 0.2) is 60.7 Å². The van der Waals surface area contributed by atoms with E-state index in [2.05, 4.69) is 76.8 Å². The quantitative estimate of drug-likeness (QED) is 0.343. The second-order valence-electron chi connectivity index (χ2n) is 6.52. The molecule has 142 valence electrons. The summed E-state index contributed by atoms with van der Waals surface area (Å²) < 4.78 is 0. The zero-order chi connectivity index (χ0) is 19.7. The number of hydrogen-bond acceptors (Lipinski definition) is 0. The molecule has 1 aromatic carbocycles. The third-order valence-corrected chi connectivity index (χ3v) is 3.72. The fraction of sp³-hybridized carbons (Fsp3) is 0.520. The van der Waals surface area contributed by atoms with Crippen LogP contribution in [0.3, 0.4) is 0 Å². The topological polar surface area (TPSA) is 0 Å². The molecule has 0 fully saturated rings. The summed E-state index contributed by atoms with van der Waals surface area (Å²) in [5, 5.41) is 0. The summed E-state index contributed by atoms with van der Waals surface area (Å²) >= 11 is 0. The maximum atomic E-state index is 3.79. The fourth-order valence-corrected chi connectivity index (χ4v) is 2.49. The Hall–Kier alpha value is -1.56. The molecule has 0 amide bonds. The van der Waals surface area contributed by atoms with Gasteiger partial charge in [0.25, 0.3) is 0 Å². The van der Waals surface area contributed by atoms with E-state index in [1.165, 1.54) is 16.7 Å². The molecule has 0 heteroatoms. The zero-order valence-corrected chi connectivity index (χ0v) is 18.2. The van der Waals surface area contributed by atoms with Gasteiger partial charge in [-0.05, 0) is 42.2 Å². The van der Waals surface area contributed by atoms with Gasteiger partial charge in [-0.3, -0.25) is 0 Å². The van der Waals surface area contributed by atoms with Crippen molar-refractivity contribution in [1.29, 1.82) is 0 Å². The van der Waals surface area contributed by atoms with E-state index >= 15 is 0 Å². The Balaban J connectivity index is 0. The lowest BCUT2D eigenvalue weighted by molar-refractivity contribution is 0.565. The lowest BCUT2D eigenvalue weighted by atomic mass is 9.81. The van der Waals surface area contributed by atoms with Gasteiger partial charge in [0.05, 0.1) is 0 Å². The van der Waals surface area contributed by atoms with Crippen LogP contribution < -0.4 is 0 Å². The fourth-order valence-electron chi connectivity index (χ4n) is 2.49. The predicted molar refractivity (Wildman–Crippen MR) is 119 cm³/mol. The van der Waals surface area contributed by atoms with E-state index in [0.717, 1.165) is 25.7 Å². The van der Waals surface area contributed by atoms with Gasteiger partial charge in [0.1, 0.15) is 0 Å².